The number of hydrogen-bond acceptors (Lipinski definition) is 8. The van der Waals surface area contributed by atoms with E-state index in [-0.39, 0.29) is 30.0 Å². The Bertz CT molecular complexity index is 2080. The Hall–Kier alpha value is -6.11. The van der Waals surface area contributed by atoms with Crippen LogP contribution in [0.15, 0.2) is 101 Å². The normalized spacial score (nSPS) is 19.2. The zero-order valence-electron chi connectivity index (χ0n) is 28.6. The fourth-order valence-electron chi connectivity index (χ4n) is 5.94. The molecule has 16 heteroatoms. The van der Waals surface area contributed by atoms with Crippen LogP contribution in [-0.2, 0) is 39.1 Å². The van der Waals surface area contributed by atoms with Crippen LogP contribution in [0.2, 0.25) is 0 Å². The van der Waals surface area contributed by atoms with Gasteiger partial charge in [-0.1, -0.05) is 65.8 Å². The zero-order chi connectivity index (χ0) is 37.8. The summed E-state index contributed by atoms with van der Waals surface area (Å²) in [5, 5.41) is 3.91. The Morgan fingerprint density at radius 2 is 1.81 bits per heavy atom. The van der Waals surface area contributed by atoms with Crippen LogP contribution >= 0.6 is 0 Å². The number of carbonyl (C=O) groups excluding carboxylic acids is 3. The van der Waals surface area contributed by atoms with E-state index in [2.05, 4.69) is 15.0 Å². The van der Waals surface area contributed by atoms with Crippen LogP contribution in [0, 0.1) is 0 Å². The van der Waals surface area contributed by atoms with Gasteiger partial charge in [0.1, 0.15) is 41.4 Å². The molecule has 1 aliphatic carbocycles. The Labute approximate surface area is 295 Å². The maximum atomic E-state index is 14.7. The highest BCUT2D eigenvalue weighted by Gasteiger charge is 2.49. The standard InChI is InChI=1S/C36H34F3N7O6/c1-34(2,3)52-33(50)45(27-16-9-8-14-25(27)21-47)29-18-35(4,42-43-40)31-41-19-28(30(48)46(29)31)44(32(49)51-22-23-11-6-5-7-12-23)20-24-13-10-15-26(17-24)36(37,38)39/h5-17,19,27,29H,18,20,22H2,1-4H3/t27?,29-,35-/m1/s1. The molecule has 1 aromatic heterocycles. The number of hydrogen-bond donors (Lipinski definition) is 0. The van der Waals surface area contributed by atoms with E-state index < -0.39 is 65.1 Å². The molecule has 0 spiro atoms. The molecule has 5 rings (SSSR count). The lowest BCUT2D eigenvalue weighted by Gasteiger charge is -2.37. The summed E-state index contributed by atoms with van der Waals surface area (Å²) in [5.74, 6) is 1.74. The van der Waals surface area contributed by atoms with Gasteiger partial charge in [-0.05, 0) is 62.6 Å². The topological polar surface area (TPSA) is 160 Å². The second-order valence-corrected chi connectivity index (χ2v) is 13.2. The van der Waals surface area contributed by atoms with E-state index >= 15 is 0 Å². The van der Waals surface area contributed by atoms with E-state index in [0.717, 1.165) is 32.7 Å². The minimum absolute atomic E-state index is 0.0159. The average Bonchev–Trinajstić information content (AvgIpc) is 3.38. The number of benzene rings is 2. The highest BCUT2D eigenvalue weighted by atomic mass is 19.4. The molecule has 0 radical (unpaired) electrons. The van der Waals surface area contributed by atoms with E-state index in [0.29, 0.717) is 5.56 Å². The number of amides is 2. The summed E-state index contributed by atoms with van der Waals surface area (Å²) < 4.78 is 53.3. The first kappa shape index (κ1) is 37.2. The average molecular weight is 718 g/mol. The fraction of sp³-hybridized carbons (Fsp3) is 0.333. The SMILES string of the molecule is CC(C)(C)OC(=O)N(C1C=CC=CC1=C=O)[C@H]1C[C@@](C)(N=[N+]=[N-])c2ncc(N(Cc3cccc(C(F)(F)F)c3)C(=O)OCc3ccccc3)c(=O)n21. The van der Waals surface area contributed by atoms with Crippen molar-refractivity contribution in [2.75, 3.05) is 4.90 Å². The molecule has 0 saturated carbocycles. The molecular formula is C36H34F3N7O6. The maximum Gasteiger partial charge on any atom is 0.416 e. The Morgan fingerprint density at radius 1 is 1.10 bits per heavy atom. The molecular weight excluding hydrogens is 683 g/mol. The Kier molecular flexibility index (Phi) is 10.5. The van der Waals surface area contributed by atoms with Gasteiger partial charge in [0.2, 0.25) is 0 Å². The number of rotatable bonds is 8. The molecule has 270 valence electrons. The summed E-state index contributed by atoms with van der Waals surface area (Å²) in [5.41, 5.74) is 5.31. The van der Waals surface area contributed by atoms with Crippen molar-refractivity contribution < 1.29 is 37.0 Å². The highest BCUT2D eigenvalue weighted by Crippen LogP contribution is 2.44. The van der Waals surface area contributed by atoms with Crippen LogP contribution in [-0.4, -0.2) is 44.2 Å². The van der Waals surface area contributed by atoms with Crippen molar-refractivity contribution in [3.8, 4) is 0 Å². The van der Waals surface area contributed by atoms with Crippen molar-refractivity contribution in [2.24, 2.45) is 5.11 Å². The molecule has 2 aromatic carbocycles. The highest BCUT2D eigenvalue weighted by molar-refractivity contribution is 5.87. The molecule has 2 heterocycles. The largest absolute Gasteiger partial charge is 0.444 e. The smallest absolute Gasteiger partial charge is 0.416 e. The van der Waals surface area contributed by atoms with Crippen LogP contribution in [0.25, 0.3) is 10.4 Å². The predicted octanol–water partition coefficient (Wildman–Crippen LogP) is 7.52. The molecule has 0 N–H and O–H groups in total. The summed E-state index contributed by atoms with van der Waals surface area (Å²) in [6.07, 6.45) is -1.09. The first-order valence-electron chi connectivity index (χ1n) is 16.0. The number of ether oxygens (including phenoxy) is 2. The minimum atomic E-state index is -4.69. The van der Waals surface area contributed by atoms with Crippen LogP contribution in [0.3, 0.4) is 0 Å². The summed E-state index contributed by atoms with van der Waals surface area (Å²) in [6, 6.07) is 11.7. The molecule has 1 unspecified atom stereocenters. The van der Waals surface area contributed by atoms with Gasteiger partial charge < -0.3 is 9.47 Å². The van der Waals surface area contributed by atoms with E-state index in [1.165, 1.54) is 31.2 Å². The molecule has 2 aliphatic rings. The van der Waals surface area contributed by atoms with Gasteiger partial charge in [0.25, 0.3) is 5.56 Å². The lowest BCUT2D eigenvalue weighted by Crippen LogP contribution is -2.49. The number of azide groups is 1. The molecule has 3 aromatic rings. The molecule has 2 amide bonds. The summed E-state index contributed by atoms with van der Waals surface area (Å²) in [7, 11) is 0. The monoisotopic (exact) mass is 717 g/mol. The number of alkyl halides is 3. The molecule has 52 heavy (non-hydrogen) atoms. The van der Waals surface area contributed by atoms with Crippen molar-refractivity contribution in [1.29, 1.82) is 0 Å². The third kappa shape index (κ3) is 7.93. The van der Waals surface area contributed by atoms with Gasteiger partial charge in [-0.25, -0.2) is 19.4 Å². The first-order chi connectivity index (χ1) is 24.6. The summed E-state index contributed by atoms with van der Waals surface area (Å²) in [4.78, 5) is 63.9. The van der Waals surface area contributed by atoms with Crippen LogP contribution in [0.1, 0.15) is 62.8 Å². The maximum absolute atomic E-state index is 14.7. The minimum Gasteiger partial charge on any atom is -0.444 e. The van der Waals surface area contributed by atoms with Crippen molar-refractivity contribution in [3.63, 3.8) is 0 Å². The number of nitrogens with zero attached hydrogens (tertiary/aromatic N) is 7. The lowest BCUT2D eigenvalue weighted by molar-refractivity contribution is -0.137. The van der Waals surface area contributed by atoms with E-state index in [9.17, 15) is 37.9 Å². The van der Waals surface area contributed by atoms with Crippen molar-refractivity contribution in [1.82, 2.24) is 14.5 Å². The Balaban J connectivity index is 1.68. The first-order valence-corrected chi connectivity index (χ1v) is 16.0. The zero-order valence-corrected chi connectivity index (χ0v) is 28.6. The third-order valence-corrected chi connectivity index (χ3v) is 8.25. The lowest BCUT2D eigenvalue weighted by atomic mass is 9.97. The molecule has 3 atom stereocenters. The van der Waals surface area contributed by atoms with Crippen molar-refractivity contribution in [2.45, 2.75) is 76.8 Å². The molecule has 1 aliphatic heterocycles. The van der Waals surface area contributed by atoms with E-state index in [1.54, 1.807) is 63.3 Å². The van der Waals surface area contributed by atoms with Crippen molar-refractivity contribution in [3.05, 3.63) is 134 Å². The second kappa shape index (κ2) is 14.6. The van der Waals surface area contributed by atoms with E-state index in [4.69, 9.17) is 9.47 Å². The molecule has 0 saturated heterocycles. The van der Waals surface area contributed by atoms with Gasteiger partial charge in [0, 0.05) is 11.3 Å². The predicted molar refractivity (Wildman–Crippen MR) is 182 cm³/mol. The van der Waals surface area contributed by atoms with Gasteiger partial charge in [0.15, 0.2) is 0 Å². The number of aromatic nitrogens is 2. The molecule has 0 fully saturated rings. The number of allylic oxidation sites excluding steroid dienone is 2. The quantitative estimate of drug-likeness (QED) is 0.101. The number of fused-ring (bicyclic) bond motifs is 1. The van der Waals surface area contributed by atoms with Gasteiger partial charge in [0.05, 0.1) is 29.9 Å². The van der Waals surface area contributed by atoms with E-state index in [1.807, 2.05) is 5.94 Å². The number of carbonyl (C=O) groups is 2. The Morgan fingerprint density at radius 3 is 2.46 bits per heavy atom. The second-order valence-electron chi connectivity index (χ2n) is 13.2. The van der Waals surface area contributed by atoms with Gasteiger partial charge in [-0.2, -0.15) is 13.2 Å². The number of halogens is 3. The number of anilines is 1. The van der Waals surface area contributed by atoms with Gasteiger partial charge in [-0.3, -0.25) is 19.2 Å². The van der Waals surface area contributed by atoms with Gasteiger partial charge in [-0.15, -0.1) is 0 Å². The van der Waals surface area contributed by atoms with Crippen LogP contribution in [0.4, 0.5) is 28.4 Å². The van der Waals surface area contributed by atoms with Crippen LogP contribution < -0.4 is 10.5 Å². The van der Waals surface area contributed by atoms with Crippen LogP contribution in [0.5, 0.6) is 0 Å². The third-order valence-electron chi connectivity index (χ3n) is 8.25. The molecule has 0 bridgehead atoms. The van der Waals surface area contributed by atoms with Crippen molar-refractivity contribution >= 4 is 23.8 Å². The summed E-state index contributed by atoms with van der Waals surface area (Å²) >= 11 is 0. The molecule has 13 nitrogen and oxygen atoms in total. The van der Waals surface area contributed by atoms with Gasteiger partial charge >= 0.3 is 18.4 Å². The fourth-order valence-corrected chi connectivity index (χ4v) is 5.94. The summed E-state index contributed by atoms with van der Waals surface area (Å²) in [6.45, 7) is 5.60.